The average Bonchev–Trinajstić information content (AvgIpc) is 2.05. The van der Waals surface area contributed by atoms with E-state index in [1.807, 2.05) is 0 Å². The third-order valence-corrected chi connectivity index (χ3v) is 2.62. The first kappa shape index (κ1) is 9.52. The number of esters is 1. The lowest BCUT2D eigenvalue weighted by Crippen LogP contribution is -2.27. The van der Waals surface area contributed by atoms with Crippen LogP contribution in [-0.4, -0.2) is 17.9 Å². The molecule has 0 aromatic rings. The molecule has 0 aromatic heterocycles. The Morgan fingerprint density at radius 2 is 2.17 bits per heavy atom. The van der Waals surface area contributed by atoms with Crippen molar-refractivity contribution < 1.29 is 14.6 Å². The molecule has 3 nitrogen and oxygen atoms in total. The Morgan fingerprint density at radius 1 is 1.50 bits per heavy atom. The molecule has 1 rings (SSSR count). The van der Waals surface area contributed by atoms with Gasteiger partial charge in [0.2, 0.25) is 0 Å². The summed E-state index contributed by atoms with van der Waals surface area (Å²) in [6.07, 6.45) is 4.34. The molecule has 1 aliphatic rings. The van der Waals surface area contributed by atoms with Crippen LogP contribution in [0, 0.1) is 11.8 Å². The molecule has 2 atom stereocenters. The first-order chi connectivity index (χ1) is 5.75. The second kappa shape index (κ2) is 4.45. The van der Waals surface area contributed by atoms with Gasteiger partial charge in [-0.05, 0) is 18.8 Å². The van der Waals surface area contributed by atoms with Gasteiger partial charge in [-0.3, -0.25) is 4.79 Å². The number of rotatable bonds is 2. The van der Waals surface area contributed by atoms with Crippen LogP contribution >= 0.6 is 0 Å². The predicted octanol–water partition coefficient (Wildman–Crippen LogP) is 1.31. The van der Waals surface area contributed by atoms with Crippen molar-refractivity contribution in [3.05, 3.63) is 0 Å². The maximum absolute atomic E-state index is 11.2. The van der Waals surface area contributed by atoms with Gasteiger partial charge in [0.05, 0.1) is 5.92 Å². The Kier molecular flexibility index (Phi) is 3.53. The fraction of sp³-hybridized carbons (Fsp3) is 0.889. The summed E-state index contributed by atoms with van der Waals surface area (Å²) in [6, 6.07) is 0. The van der Waals surface area contributed by atoms with E-state index >= 15 is 0 Å². The topological polar surface area (TPSA) is 46.5 Å². The van der Waals surface area contributed by atoms with Gasteiger partial charge in [-0.15, -0.1) is 0 Å². The molecule has 0 saturated heterocycles. The molecule has 0 spiro atoms. The second-order valence-electron chi connectivity index (χ2n) is 3.46. The molecule has 1 saturated carbocycles. The fourth-order valence-corrected chi connectivity index (χ4v) is 1.84. The summed E-state index contributed by atoms with van der Waals surface area (Å²) in [7, 11) is 0. The summed E-state index contributed by atoms with van der Waals surface area (Å²) in [4.78, 5) is 11.2. The van der Waals surface area contributed by atoms with Gasteiger partial charge in [0.25, 0.3) is 0 Å². The lowest BCUT2D eigenvalue weighted by molar-refractivity contribution is -0.159. The molecule has 12 heavy (non-hydrogen) atoms. The smallest absolute Gasteiger partial charge is 0.311 e. The Morgan fingerprint density at radius 3 is 2.75 bits per heavy atom. The molecule has 0 aromatic carbocycles. The van der Waals surface area contributed by atoms with Crippen LogP contribution in [0.2, 0.25) is 0 Å². The summed E-state index contributed by atoms with van der Waals surface area (Å²) < 4.78 is 4.57. The van der Waals surface area contributed by atoms with Crippen molar-refractivity contribution in [2.24, 2.45) is 11.8 Å². The number of aliphatic hydroxyl groups is 1. The minimum atomic E-state index is -0.484. The molecule has 70 valence electrons. The number of carbonyl (C=O) groups is 1. The fourth-order valence-electron chi connectivity index (χ4n) is 1.84. The normalized spacial score (nSPS) is 29.8. The molecular formula is C9H16O3. The van der Waals surface area contributed by atoms with Crippen LogP contribution < -0.4 is 0 Å². The predicted molar refractivity (Wildman–Crippen MR) is 44.3 cm³/mol. The maximum Gasteiger partial charge on any atom is 0.311 e. The van der Waals surface area contributed by atoms with E-state index in [4.69, 9.17) is 5.11 Å². The van der Waals surface area contributed by atoms with E-state index in [0.29, 0.717) is 5.92 Å². The van der Waals surface area contributed by atoms with Gasteiger partial charge in [0, 0.05) is 0 Å². The summed E-state index contributed by atoms with van der Waals surface area (Å²) >= 11 is 0. The van der Waals surface area contributed by atoms with Gasteiger partial charge in [0.1, 0.15) is 0 Å². The van der Waals surface area contributed by atoms with Crippen molar-refractivity contribution in [2.45, 2.75) is 32.6 Å². The highest BCUT2D eigenvalue weighted by Crippen LogP contribution is 2.30. The number of ether oxygens (including phenoxy) is 1. The minimum absolute atomic E-state index is 0.0194. The zero-order valence-corrected chi connectivity index (χ0v) is 7.45. The van der Waals surface area contributed by atoms with Crippen molar-refractivity contribution in [1.82, 2.24) is 0 Å². The molecule has 0 heterocycles. The van der Waals surface area contributed by atoms with Crippen LogP contribution in [0.4, 0.5) is 0 Å². The van der Waals surface area contributed by atoms with Crippen molar-refractivity contribution in [2.75, 3.05) is 6.79 Å². The van der Waals surface area contributed by atoms with Crippen LogP contribution in [-0.2, 0) is 9.53 Å². The quantitative estimate of drug-likeness (QED) is 0.504. The van der Waals surface area contributed by atoms with E-state index in [1.54, 1.807) is 0 Å². The standard InChI is InChI=1S/C9H16O3/c1-7-4-2-3-5-8(7)9(11)12-6-10/h7-8,10H,2-6H2,1H3/t7-,8-/m1/s1. The zero-order valence-electron chi connectivity index (χ0n) is 7.45. The van der Waals surface area contributed by atoms with Crippen LogP contribution in [0.5, 0.6) is 0 Å². The molecule has 1 aliphatic carbocycles. The van der Waals surface area contributed by atoms with E-state index in [1.165, 1.54) is 6.42 Å². The molecule has 0 unspecified atom stereocenters. The molecule has 1 fully saturated rings. The molecule has 3 heteroatoms. The summed E-state index contributed by atoms with van der Waals surface area (Å²) in [6.45, 7) is 1.59. The lowest BCUT2D eigenvalue weighted by Gasteiger charge is -2.26. The third-order valence-electron chi connectivity index (χ3n) is 2.62. The Bertz CT molecular complexity index is 156. The molecular weight excluding hydrogens is 156 g/mol. The highest BCUT2D eigenvalue weighted by atomic mass is 16.6. The van der Waals surface area contributed by atoms with E-state index in [-0.39, 0.29) is 11.9 Å². The van der Waals surface area contributed by atoms with Crippen molar-refractivity contribution in [1.29, 1.82) is 0 Å². The first-order valence-electron chi connectivity index (χ1n) is 4.53. The Labute approximate surface area is 72.7 Å². The molecule has 0 bridgehead atoms. The van der Waals surface area contributed by atoms with Gasteiger partial charge in [0.15, 0.2) is 6.79 Å². The highest BCUT2D eigenvalue weighted by molar-refractivity contribution is 5.72. The van der Waals surface area contributed by atoms with E-state index in [0.717, 1.165) is 19.3 Å². The van der Waals surface area contributed by atoms with Gasteiger partial charge >= 0.3 is 5.97 Å². The van der Waals surface area contributed by atoms with Gasteiger partial charge < -0.3 is 9.84 Å². The minimum Gasteiger partial charge on any atom is -0.438 e. The zero-order chi connectivity index (χ0) is 8.97. The van der Waals surface area contributed by atoms with Crippen molar-refractivity contribution in [3.8, 4) is 0 Å². The maximum atomic E-state index is 11.2. The van der Waals surface area contributed by atoms with E-state index in [2.05, 4.69) is 11.7 Å². The lowest BCUT2D eigenvalue weighted by atomic mass is 9.80. The monoisotopic (exact) mass is 172 g/mol. The van der Waals surface area contributed by atoms with E-state index < -0.39 is 6.79 Å². The summed E-state index contributed by atoms with van der Waals surface area (Å²) in [5.74, 6) is 0.202. The van der Waals surface area contributed by atoms with Crippen LogP contribution in [0.15, 0.2) is 0 Å². The van der Waals surface area contributed by atoms with Crippen molar-refractivity contribution in [3.63, 3.8) is 0 Å². The number of aliphatic hydroxyl groups excluding tert-OH is 1. The first-order valence-corrected chi connectivity index (χ1v) is 4.53. The highest BCUT2D eigenvalue weighted by Gasteiger charge is 2.28. The van der Waals surface area contributed by atoms with Crippen LogP contribution in [0.25, 0.3) is 0 Å². The van der Waals surface area contributed by atoms with Gasteiger partial charge in [-0.1, -0.05) is 19.8 Å². The van der Waals surface area contributed by atoms with Crippen LogP contribution in [0.3, 0.4) is 0 Å². The van der Waals surface area contributed by atoms with Crippen LogP contribution in [0.1, 0.15) is 32.6 Å². The molecule has 1 N–H and O–H groups in total. The Balaban J connectivity index is 2.42. The second-order valence-corrected chi connectivity index (χ2v) is 3.46. The molecule has 0 amide bonds. The molecule has 0 aliphatic heterocycles. The summed E-state index contributed by atoms with van der Waals surface area (Å²) in [5, 5.41) is 8.41. The third kappa shape index (κ3) is 2.21. The number of hydrogen-bond acceptors (Lipinski definition) is 3. The number of carbonyl (C=O) groups excluding carboxylic acids is 1. The van der Waals surface area contributed by atoms with E-state index in [9.17, 15) is 4.79 Å². The summed E-state index contributed by atoms with van der Waals surface area (Å²) in [5.41, 5.74) is 0. The van der Waals surface area contributed by atoms with Crippen molar-refractivity contribution >= 4 is 5.97 Å². The largest absolute Gasteiger partial charge is 0.438 e. The average molecular weight is 172 g/mol. The number of hydrogen-bond donors (Lipinski definition) is 1. The SMILES string of the molecule is C[C@@H]1CCCC[C@H]1C(=O)OCO. The van der Waals surface area contributed by atoms with Gasteiger partial charge in [-0.25, -0.2) is 0 Å². The molecule has 0 radical (unpaired) electrons. The van der Waals surface area contributed by atoms with Gasteiger partial charge in [-0.2, -0.15) is 0 Å². The Hall–Kier alpha value is -0.570.